The second kappa shape index (κ2) is 5.91. The highest BCUT2D eigenvalue weighted by Gasteiger charge is 2.43. The van der Waals surface area contributed by atoms with Crippen molar-refractivity contribution in [2.75, 3.05) is 26.3 Å². The van der Waals surface area contributed by atoms with Crippen LogP contribution in [0.15, 0.2) is 6.20 Å². The fraction of sp³-hybridized carbons (Fsp3) is 0.765. The number of aryl methyl sites for hydroxylation is 1. The van der Waals surface area contributed by atoms with Gasteiger partial charge in [-0.25, -0.2) is 0 Å². The molecule has 0 bridgehead atoms. The molecule has 6 heteroatoms. The fourth-order valence-corrected chi connectivity index (χ4v) is 4.13. The number of rotatable bonds is 2. The molecule has 0 spiro atoms. The Hall–Kier alpha value is -1.40. The quantitative estimate of drug-likeness (QED) is 0.834. The van der Waals surface area contributed by atoms with Crippen LogP contribution in [0.5, 0.6) is 0 Å². The van der Waals surface area contributed by atoms with Gasteiger partial charge in [0.1, 0.15) is 0 Å². The summed E-state index contributed by atoms with van der Waals surface area (Å²) < 4.78 is 13.6. The minimum Gasteiger partial charge on any atom is -0.347 e. The van der Waals surface area contributed by atoms with Gasteiger partial charge in [0.05, 0.1) is 30.7 Å². The van der Waals surface area contributed by atoms with Gasteiger partial charge in [-0.05, 0) is 39.0 Å². The van der Waals surface area contributed by atoms with E-state index >= 15 is 0 Å². The van der Waals surface area contributed by atoms with Crippen LogP contribution in [0.2, 0.25) is 0 Å². The fourth-order valence-electron chi connectivity index (χ4n) is 4.13. The highest BCUT2D eigenvalue weighted by Crippen LogP contribution is 2.34. The lowest BCUT2D eigenvalue weighted by Crippen LogP contribution is -2.48. The van der Waals surface area contributed by atoms with Crippen molar-refractivity contribution in [1.29, 1.82) is 0 Å². The first kappa shape index (κ1) is 15.1. The highest BCUT2D eigenvalue weighted by atomic mass is 16.7. The molecule has 2 saturated heterocycles. The summed E-state index contributed by atoms with van der Waals surface area (Å²) in [5.74, 6) is -0.161. The van der Waals surface area contributed by atoms with Gasteiger partial charge in [-0.2, -0.15) is 5.10 Å². The Kier molecular flexibility index (Phi) is 3.89. The summed E-state index contributed by atoms with van der Waals surface area (Å²) in [6, 6.07) is 0. The predicted molar refractivity (Wildman–Crippen MR) is 84.1 cm³/mol. The lowest BCUT2D eigenvalue weighted by molar-refractivity contribution is -0.189. The zero-order chi connectivity index (χ0) is 15.9. The standard InChI is InChI=1S/C17H25N3O3/c1-17(22-9-10-23-17)13-5-4-7-19(12-13)16(21)14-11-18-20-8-3-2-6-15(14)20/h11,13H,2-10,12H2,1H3. The average Bonchev–Trinajstić information content (AvgIpc) is 3.21. The average molecular weight is 319 g/mol. The van der Waals surface area contributed by atoms with Crippen LogP contribution < -0.4 is 0 Å². The predicted octanol–water partition coefficient (Wildman–Crippen LogP) is 1.83. The summed E-state index contributed by atoms with van der Waals surface area (Å²) in [7, 11) is 0. The molecule has 6 nitrogen and oxygen atoms in total. The zero-order valence-corrected chi connectivity index (χ0v) is 13.8. The van der Waals surface area contributed by atoms with Gasteiger partial charge in [0.2, 0.25) is 0 Å². The number of ether oxygens (including phenoxy) is 2. The third kappa shape index (κ3) is 2.68. The van der Waals surface area contributed by atoms with Crippen molar-refractivity contribution < 1.29 is 14.3 Å². The molecule has 0 radical (unpaired) electrons. The third-order valence-corrected chi connectivity index (χ3v) is 5.52. The molecular formula is C17H25N3O3. The molecule has 1 unspecified atom stereocenters. The summed E-state index contributed by atoms with van der Waals surface area (Å²) in [6.45, 7) is 5.77. The second-order valence-electron chi connectivity index (χ2n) is 6.99. The van der Waals surface area contributed by atoms with Crippen LogP contribution >= 0.6 is 0 Å². The van der Waals surface area contributed by atoms with Gasteiger partial charge >= 0.3 is 0 Å². The van der Waals surface area contributed by atoms with Crippen LogP contribution in [0.25, 0.3) is 0 Å². The molecule has 4 rings (SSSR count). The van der Waals surface area contributed by atoms with Crippen LogP contribution in [-0.2, 0) is 22.4 Å². The van der Waals surface area contributed by atoms with Crippen LogP contribution in [0.4, 0.5) is 0 Å². The molecule has 3 aliphatic rings. The number of carbonyl (C=O) groups is 1. The monoisotopic (exact) mass is 319 g/mol. The molecule has 2 fully saturated rings. The van der Waals surface area contributed by atoms with Crippen molar-refractivity contribution in [2.45, 2.75) is 51.4 Å². The van der Waals surface area contributed by atoms with Gasteiger partial charge in [-0.15, -0.1) is 0 Å². The topological polar surface area (TPSA) is 56.6 Å². The first-order valence-corrected chi connectivity index (χ1v) is 8.79. The number of hydrogen-bond donors (Lipinski definition) is 0. The van der Waals surface area contributed by atoms with Crippen LogP contribution in [0, 0.1) is 5.92 Å². The van der Waals surface area contributed by atoms with Crippen molar-refractivity contribution in [1.82, 2.24) is 14.7 Å². The maximum absolute atomic E-state index is 13.0. The van der Waals surface area contributed by atoms with Crippen LogP contribution in [0.3, 0.4) is 0 Å². The Morgan fingerprint density at radius 1 is 1.26 bits per heavy atom. The molecule has 3 aliphatic heterocycles. The van der Waals surface area contributed by atoms with Gasteiger partial charge in [0.15, 0.2) is 5.79 Å². The van der Waals surface area contributed by atoms with Gasteiger partial charge < -0.3 is 14.4 Å². The van der Waals surface area contributed by atoms with Gasteiger partial charge in [-0.1, -0.05) is 0 Å². The molecule has 0 aromatic carbocycles. The maximum Gasteiger partial charge on any atom is 0.257 e. The van der Waals surface area contributed by atoms with E-state index in [4.69, 9.17) is 9.47 Å². The number of likely N-dealkylation sites (tertiary alicyclic amines) is 1. The number of nitrogens with zero attached hydrogens (tertiary/aromatic N) is 3. The summed E-state index contributed by atoms with van der Waals surface area (Å²) in [4.78, 5) is 15.0. The molecule has 1 amide bonds. The zero-order valence-electron chi connectivity index (χ0n) is 13.8. The first-order chi connectivity index (χ1) is 11.2. The maximum atomic E-state index is 13.0. The summed E-state index contributed by atoms with van der Waals surface area (Å²) in [5, 5.41) is 4.40. The summed E-state index contributed by atoms with van der Waals surface area (Å²) >= 11 is 0. The SMILES string of the molecule is CC1(C2CCCN(C(=O)c3cnn4c3CCCC4)C2)OCCO1. The lowest BCUT2D eigenvalue weighted by Gasteiger charge is -2.40. The van der Waals surface area contributed by atoms with E-state index in [1.54, 1.807) is 6.20 Å². The number of fused-ring (bicyclic) bond motifs is 1. The van der Waals surface area contributed by atoms with Crippen LogP contribution in [-0.4, -0.2) is 52.7 Å². The Balaban J connectivity index is 1.51. The highest BCUT2D eigenvalue weighted by molar-refractivity contribution is 5.95. The number of hydrogen-bond acceptors (Lipinski definition) is 4. The van der Waals surface area contributed by atoms with Gasteiger partial charge in [0.25, 0.3) is 5.91 Å². The van der Waals surface area contributed by atoms with Crippen molar-refractivity contribution in [2.24, 2.45) is 5.92 Å². The molecule has 4 heterocycles. The van der Waals surface area contributed by atoms with E-state index in [0.717, 1.165) is 56.5 Å². The van der Waals surface area contributed by atoms with Crippen molar-refractivity contribution in [3.63, 3.8) is 0 Å². The lowest BCUT2D eigenvalue weighted by atomic mass is 9.90. The molecule has 0 aliphatic carbocycles. The molecular weight excluding hydrogens is 294 g/mol. The van der Waals surface area contributed by atoms with E-state index in [0.29, 0.717) is 19.8 Å². The van der Waals surface area contributed by atoms with E-state index in [2.05, 4.69) is 5.10 Å². The Morgan fingerprint density at radius 3 is 2.91 bits per heavy atom. The Morgan fingerprint density at radius 2 is 2.09 bits per heavy atom. The van der Waals surface area contributed by atoms with E-state index < -0.39 is 5.79 Å². The molecule has 0 saturated carbocycles. The van der Waals surface area contributed by atoms with E-state index in [-0.39, 0.29) is 11.8 Å². The van der Waals surface area contributed by atoms with E-state index in [1.165, 1.54) is 0 Å². The minimum absolute atomic E-state index is 0.124. The summed E-state index contributed by atoms with van der Waals surface area (Å²) in [6.07, 6.45) is 7.07. The van der Waals surface area contributed by atoms with Gasteiger partial charge in [-0.3, -0.25) is 9.48 Å². The Labute approximate surface area is 136 Å². The van der Waals surface area contributed by atoms with E-state index in [1.807, 2.05) is 16.5 Å². The first-order valence-electron chi connectivity index (χ1n) is 8.79. The molecule has 23 heavy (non-hydrogen) atoms. The van der Waals surface area contributed by atoms with Crippen LogP contribution in [0.1, 0.15) is 48.7 Å². The van der Waals surface area contributed by atoms with Gasteiger partial charge in [0, 0.05) is 25.6 Å². The number of aromatic nitrogens is 2. The smallest absolute Gasteiger partial charge is 0.257 e. The second-order valence-corrected chi connectivity index (χ2v) is 6.99. The largest absolute Gasteiger partial charge is 0.347 e. The molecule has 0 N–H and O–H groups in total. The van der Waals surface area contributed by atoms with Crippen molar-refractivity contribution in [3.05, 3.63) is 17.5 Å². The normalized spacial score (nSPS) is 27.0. The molecule has 126 valence electrons. The minimum atomic E-state index is -0.530. The molecule has 1 aromatic heterocycles. The van der Waals surface area contributed by atoms with E-state index in [9.17, 15) is 4.79 Å². The summed E-state index contributed by atoms with van der Waals surface area (Å²) in [5.41, 5.74) is 1.91. The molecule has 1 aromatic rings. The Bertz CT molecular complexity index is 592. The number of piperidine rings is 1. The molecule has 1 atom stereocenters. The third-order valence-electron chi connectivity index (χ3n) is 5.52. The van der Waals surface area contributed by atoms with Crippen molar-refractivity contribution in [3.8, 4) is 0 Å². The van der Waals surface area contributed by atoms with Crippen molar-refractivity contribution >= 4 is 5.91 Å². The number of carbonyl (C=O) groups excluding carboxylic acids is 1. The number of amides is 1.